The zero-order chi connectivity index (χ0) is 27.4. The predicted molar refractivity (Wildman–Crippen MR) is 131 cm³/mol. The van der Waals surface area contributed by atoms with Crippen molar-refractivity contribution in [2.45, 2.75) is 55.1 Å². The molecule has 37 heavy (non-hydrogen) atoms. The largest absolute Gasteiger partial charge is 0.465 e. The molecule has 6 atom stereocenters. The Labute approximate surface area is 216 Å². The van der Waals surface area contributed by atoms with Crippen LogP contribution in [0.2, 0.25) is 0 Å². The maximum atomic E-state index is 13.9. The van der Waals surface area contributed by atoms with Gasteiger partial charge in [0.05, 0.1) is 11.4 Å². The van der Waals surface area contributed by atoms with E-state index >= 15 is 0 Å². The molecule has 1 aromatic carbocycles. The number of rotatable bonds is 9. The molecule has 1 saturated heterocycles. The Balaban J connectivity index is 1.62. The van der Waals surface area contributed by atoms with Crippen molar-refractivity contribution in [3.63, 3.8) is 0 Å². The van der Waals surface area contributed by atoms with E-state index in [1.807, 2.05) is 0 Å². The van der Waals surface area contributed by atoms with Gasteiger partial charge < -0.3 is 19.1 Å². The molecule has 0 bridgehead atoms. The van der Waals surface area contributed by atoms with Gasteiger partial charge in [0, 0.05) is 18.3 Å². The summed E-state index contributed by atoms with van der Waals surface area (Å²) >= 11 is 6.66. The number of alkyl halides is 1. The van der Waals surface area contributed by atoms with E-state index < -0.39 is 65.1 Å². The van der Waals surface area contributed by atoms with Gasteiger partial charge in [0.1, 0.15) is 42.8 Å². The first-order valence-electron chi connectivity index (χ1n) is 11.2. The fraction of sp³-hybridized carbons (Fsp3) is 0.476. The monoisotopic (exact) mass is 559 g/mol. The molecule has 2 aliphatic rings. The normalized spacial score (nSPS) is 30.3. The van der Waals surface area contributed by atoms with Crippen molar-refractivity contribution in [2.24, 2.45) is 0 Å². The Morgan fingerprint density at radius 3 is 2.68 bits per heavy atom. The lowest BCUT2D eigenvalue weighted by Gasteiger charge is -2.34. The van der Waals surface area contributed by atoms with E-state index in [2.05, 4.69) is 10.1 Å². The number of carbonyl (C=O) groups excluding carboxylic acids is 1. The van der Waals surface area contributed by atoms with Crippen LogP contribution in [0.15, 0.2) is 46.1 Å². The first-order chi connectivity index (χ1) is 17.1. The van der Waals surface area contributed by atoms with Crippen molar-refractivity contribution >= 4 is 33.2 Å². The van der Waals surface area contributed by atoms with Crippen LogP contribution in [0.1, 0.15) is 27.0 Å². The summed E-state index contributed by atoms with van der Waals surface area (Å²) in [5, 5.41) is 13.9. The number of fused-ring (bicyclic) bond motifs is 1. The van der Waals surface area contributed by atoms with Crippen LogP contribution in [0, 0.1) is 5.82 Å². The molecule has 4 rings (SSSR count). The van der Waals surface area contributed by atoms with Crippen LogP contribution in [0.3, 0.4) is 0 Å². The van der Waals surface area contributed by atoms with Crippen LogP contribution in [0.5, 0.6) is 5.75 Å². The third-order valence-corrected chi connectivity index (χ3v) is 8.41. The minimum Gasteiger partial charge on any atom is -0.465 e. The number of aromatic nitrogens is 2. The Morgan fingerprint density at radius 1 is 1.41 bits per heavy atom. The molecule has 1 aliphatic heterocycles. The first-order valence-corrected chi connectivity index (χ1v) is 13.1. The van der Waals surface area contributed by atoms with E-state index in [0.29, 0.717) is 0 Å². The highest BCUT2D eigenvalue weighted by molar-refractivity contribution is 7.52. The molecule has 200 valence electrons. The van der Waals surface area contributed by atoms with Crippen LogP contribution in [-0.4, -0.2) is 63.2 Å². The second kappa shape index (κ2) is 9.37. The van der Waals surface area contributed by atoms with Crippen molar-refractivity contribution in [3.05, 3.63) is 63.2 Å². The summed E-state index contributed by atoms with van der Waals surface area (Å²) in [6, 6.07) is 5.83. The third kappa shape index (κ3) is 4.89. The average Bonchev–Trinajstić information content (AvgIpc) is 3.26. The molecule has 2 fully saturated rings. The van der Waals surface area contributed by atoms with Gasteiger partial charge in [0.2, 0.25) is 0 Å². The van der Waals surface area contributed by atoms with E-state index in [1.54, 1.807) is 6.92 Å². The van der Waals surface area contributed by atoms with E-state index in [4.69, 9.17) is 30.1 Å². The summed E-state index contributed by atoms with van der Waals surface area (Å²) in [7, 11) is -3.16. The molecule has 1 saturated carbocycles. The van der Waals surface area contributed by atoms with Gasteiger partial charge in [0.25, 0.3) is 5.56 Å². The fourth-order valence-electron chi connectivity index (χ4n) is 4.17. The number of esters is 1. The Kier molecular flexibility index (Phi) is 6.98. The van der Waals surface area contributed by atoms with Gasteiger partial charge in [-0.25, -0.2) is 13.8 Å². The summed E-state index contributed by atoms with van der Waals surface area (Å²) in [6.45, 7) is 4.39. The Hall–Kier alpha value is -2.48. The molecule has 12 nitrogen and oxygen atoms in total. The van der Waals surface area contributed by atoms with Crippen LogP contribution in [0.25, 0.3) is 0 Å². The number of aliphatic hydroxyl groups is 1. The van der Waals surface area contributed by atoms with E-state index in [1.165, 1.54) is 33.8 Å². The Morgan fingerprint density at radius 2 is 2.11 bits per heavy atom. The van der Waals surface area contributed by atoms with E-state index in [-0.39, 0.29) is 12.4 Å². The van der Waals surface area contributed by atoms with Gasteiger partial charge in [-0.3, -0.25) is 23.7 Å². The second-order valence-electron chi connectivity index (χ2n) is 9.36. The number of nitrogens with one attached hydrogen (secondary N) is 2. The number of benzene rings is 1. The number of carbonyl (C=O) groups is 1. The highest BCUT2D eigenvalue weighted by Gasteiger charge is 2.83. The SMILES string of the molecule is B[C@@]1(Cl)[C@H](n2ccc(=O)[nH]c2=O)O[C@@H]2C(O[P@@](=O)(NC(C)(C)C(=O)OCC)Oc3cccc(F)c3)[C@@]21O. The molecule has 2 heterocycles. The minimum absolute atomic E-state index is 0.0499. The van der Waals surface area contributed by atoms with Crippen LogP contribution < -0.4 is 20.9 Å². The average molecular weight is 560 g/mol. The smallest absolute Gasteiger partial charge is 0.460 e. The standard InChI is InChI=1S/C21H25BClFN3O9P/c1-4-33-17(29)19(2,3)26-37(32,35-12-7-5-6-11(24)10-12)36-15-14-20(15,31)21(22,23)16(34-14)27-9-8-13(28)25-18(27)30/h5-10,14-16,31H,4,22H2,1-3H3,(H,26,32)(H,25,28,30)/t14-,15?,16-,20+,21-,37-/m1/s1. The lowest BCUT2D eigenvalue weighted by atomic mass is 9.78. The molecule has 3 N–H and O–H groups in total. The summed E-state index contributed by atoms with van der Waals surface area (Å²) < 4.78 is 48.9. The zero-order valence-corrected chi connectivity index (χ0v) is 21.9. The molecule has 16 heteroatoms. The molecule has 1 unspecified atom stereocenters. The molecular weight excluding hydrogens is 534 g/mol. The summed E-state index contributed by atoms with van der Waals surface area (Å²) in [5.41, 5.74) is -5.01. The van der Waals surface area contributed by atoms with Crippen molar-refractivity contribution in [3.8, 4) is 5.75 Å². The quantitative estimate of drug-likeness (QED) is 0.170. The Bertz CT molecular complexity index is 1390. The van der Waals surface area contributed by atoms with Gasteiger partial charge in [0.15, 0.2) is 6.23 Å². The van der Waals surface area contributed by atoms with Crippen LogP contribution in [-0.2, 0) is 23.4 Å². The highest BCUT2D eigenvalue weighted by Crippen LogP contribution is 2.66. The number of hydrogen-bond donors (Lipinski definition) is 3. The number of ether oxygens (including phenoxy) is 2. The van der Waals surface area contributed by atoms with E-state index in [9.17, 15) is 28.4 Å². The molecule has 1 aliphatic carbocycles. The predicted octanol–water partition coefficient (Wildman–Crippen LogP) is 0.390. The van der Waals surface area contributed by atoms with Gasteiger partial charge >= 0.3 is 19.4 Å². The molecule has 1 aromatic heterocycles. The molecule has 0 radical (unpaired) electrons. The van der Waals surface area contributed by atoms with Gasteiger partial charge in [-0.2, -0.15) is 5.09 Å². The number of nitrogens with zero attached hydrogens (tertiary/aromatic N) is 1. The topological polar surface area (TPSA) is 158 Å². The zero-order valence-electron chi connectivity index (χ0n) is 20.3. The second-order valence-corrected chi connectivity index (χ2v) is 11.8. The van der Waals surface area contributed by atoms with E-state index in [0.717, 1.165) is 29.0 Å². The van der Waals surface area contributed by atoms with Crippen molar-refractivity contribution in [1.82, 2.24) is 14.6 Å². The fourth-order valence-corrected chi connectivity index (χ4v) is 6.42. The molecular formula is C21H25BClFN3O9P. The van der Waals surface area contributed by atoms with Crippen molar-refractivity contribution in [2.75, 3.05) is 6.61 Å². The molecule has 2 aromatic rings. The number of hydrogen-bond acceptors (Lipinski definition) is 9. The van der Waals surface area contributed by atoms with Crippen LogP contribution >= 0.6 is 19.3 Å². The summed E-state index contributed by atoms with van der Waals surface area (Å²) in [4.78, 5) is 38.2. The third-order valence-electron chi connectivity index (χ3n) is 6.14. The number of H-pyrrole nitrogens is 1. The maximum Gasteiger partial charge on any atom is 0.460 e. The van der Waals surface area contributed by atoms with Gasteiger partial charge in [-0.15, -0.1) is 11.6 Å². The number of aromatic amines is 1. The molecule has 0 amide bonds. The van der Waals surface area contributed by atoms with Crippen LogP contribution in [0.4, 0.5) is 4.39 Å². The summed E-state index contributed by atoms with van der Waals surface area (Å²) in [5.74, 6) is -1.63. The number of halogens is 2. The lowest BCUT2D eigenvalue weighted by molar-refractivity contribution is -0.149. The summed E-state index contributed by atoms with van der Waals surface area (Å²) in [6.07, 6.45) is -2.57. The highest BCUT2D eigenvalue weighted by atomic mass is 35.5. The van der Waals surface area contributed by atoms with Gasteiger partial charge in [-0.1, -0.05) is 6.07 Å². The molecule has 0 spiro atoms. The van der Waals surface area contributed by atoms with Gasteiger partial charge in [-0.05, 0) is 32.9 Å². The lowest BCUT2D eigenvalue weighted by Crippen LogP contribution is -2.50. The maximum absolute atomic E-state index is 13.9. The van der Waals surface area contributed by atoms with Crippen molar-refractivity contribution < 1.29 is 37.4 Å². The minimum atomic E-state index is -4.55. The van der Waals surface area contributed by atoms with Crippen molar-refractivity contribution in [1.29, 1.82) is 0 Å². The first kappa shape index (κ1) is 27.6.